The molecule has 0 radical (unpaired) electrons. The van der Waals surface area contributed by atoms with E-state index in [-0.39, 0.29) is 17.6 Å². The highest BCUT2D eigenvalue weighted by molar-refractivity contribution is 5.89. The minimum Gasteiger partial charge on any atom is -0.364 e. The van der Waals surface area contributed by atoms with Gasteiger partial charge >= 0.3 is 0 Å². The van der Waals surface area contributed by atoms with Crippen molar-refractivity contribution in [3.05, 3.63) is 51.8 Å². The fourth-order valence-corrected chi connectivity index (χ4v) is 4.05. The van der Waals surface area contributed by atoms with Crippen LogP contribution in [0.4, 0.5) is 5.69 Å². The first-order chi connectivity index (χ1) is 13.9. The molecule has 2 atom stereocenters. The van der Waals surface area contributed by atoms with E-state index in [4.69, 9.17) is 4.52 Å². The molecule has 150 valence electrons. The molecule has 0 aliphatic carbocycles. The number of piperazine rings is 1. The molecule has 3 aromatic heterocycles. The molecule has 8 heteroatoms. The first kappa shape index (κ1) is 19.2. The Bertz CT molecular complexity index is 1160. The summed E-state index contributed by atoms with van der Waals surface area (Å²) in [5.41, 5.74) is 3.39. The third-order valence-corrected chi connectivity index (χ3v) is 5.65. The van der Waals surface area contributed by atoms with Crippen molar-refractivity contribution < 1.29 is 4.52 Å². The molecule has 1 aliphatic rings. The zero-order valence-corrected chi connectivity index (χ0v) is 17.1. The minimum absolute atomic E-state index is 0.0839. The molecule has 0 aromatic carbocycles. The first-order valence-electron chi connectivity index (χ1n) is 9.71. The second kappa shape index (κ2) is 7.33. The maximum absolute atomic E-state index is 12.6. The van der Waals surface area contributed by atoms with Gasteiger partial charge in [-0.1, -0.05) is 5.16 Å². The van der Waals surface area contributed by atoms with Crippen LogP contribution in [-0.2, 0) is 13.6 Å². The lowest BCUT2D eigenvalue weighted by molar-refractivity contribution is 0.154. The Morgan fingerprint density at radius 2 is 2.03 bits per heavy atom. The van der Waals surface area contributed by atoms with E-state index < -0.39 is 0 Å². The highest BCUT2D eigenvalue weighted by atomic mass is 16.5. The molecule has 0 N–H and O–H groups in total. The largest absolute Gasteiger partial charge is 0.364 e. The number of nitriles is 1. The molecule has 4 heterocycles. The number of aromatic nitrogens is 3. The third kappa shape index (κ3) is 3.49. The second-order valence-electron chi connectivity index (χ2n) is 7.81. The van der Waals surface area contributed by atoms with E-state index in [1.165, 1.54) is 0 Å². The van der Waals surface area contributed by atoms with Crippen molar-refractivity contribution in [2.24, 2.45) is 7.05 Å². The summed E-state index contributed by atoms with van der Waals surface area (Å²) >= 11 is 0. The quantitative estimate of drug-likeness (QED) is 0.675. The Kier molecular flexibility index (Phi) is 4.84. The van der Waals surface area contributed by atoms with Gasteiger partial charge in [0.1, 0.15) is 23.0 Å². The van der Waals surface area contributed by atoms with E-state index in [0.29, 0.717) is 11.2 Å². The topological polar surface area (TPSA) is 91.2 Å². The fourth-order valence-electron chi connectivity index (χ4n) is 4.05. The lowest BCUT2D eigenvalue weighted by atomic mass is 10.1. The predicted molar refractivity (Wildman–Crippen MR) is 110 cm³/mol. The molecule has 0 saturated carbocycles. The maximum Gasteiger partial charge on any atom is 0.252 e. The van der Waals surface area contributed by atoms with E-state index in [1.54, 1.807) is 29.8 Å². The fraction of sp³-hybridized carbons (Fsp3) is 0.429. The highest BCUT2D eigenvalue weighted by Gasteiger charge is 2.31. The van der Waals surface area contributed by atoms with E-state index >= 15 is 0 Å². The van der Waals surface area contributed by atoms with Crippen molar-refractivity contribution in [1.29, 1.82) is 5.26 Å². The molecule has 4 rings (SSSR count). The number of pyridine rings is 2. The van der Waals surface area contributed by atoms with Crippen molar-refractivity contribution in [2.75, 3.05) is 18.0 Å². The number of fused-ring (bicyclic) bond motifs is 1. The molecule has 0 amide bonds. The molecule has 0 unspecified atom stereocenters. The SMILES string of the molecule is Cc1cc(CN2C[C@H](C)N(c3cc(=O)n(C)c4ccc(C#N)nc34)C[C@H]2C)no1. The van der Waals surface area contributed by atoms with E-state index in [1.807, 2.05) is 13.0 Å². The summed E-state index contributed by atoms with van der Waals surface area (Å²) in [7, 11) is 1.73. The molecule has 1 saturated heterocycles. The molecule has 0 bridgehead atoms. The van der Waals surface area contributed by atoms with Crippen LogP contribution in [0.2, 0.25) is 0 Å². The van der Waals surface area contributed by atoms with Gasteiger partial charge in [0.05, 0.1) is 16.9 Å². The Hall–Kier alpha value is -3.18. The Morgan fingerprint density at radius 3 is 2.72 bits per heavy atom. The number of nitrogens with zero attached hydrogens (tertiary/aromatic N) is 6. The van der Waals surface area contributed by atoms with Crippen LogP contribution in [0.1, 0.15) is 31.0 Å². The molecule has 1 aliphatic heterocycles. The molecule has 29 heavy (non-hydrogen) atoms. The zero-order chi connectivity index (χ0) is 20.7. The normalized spacial score (nSPS) is 20.2. The monoisotopic (exact) mass is 392 g/mol. The van der Waals surface area contributed by atoms with Crippen molar-refractivity contribution in [3.63, 3.8) is 0 Å². The van der Waals surface area contributed by atoms with Gasteiger partial charge in [-0.2, -0.15) is 5.26 Å². The van der Waals surface area contributed by atoms with Gasteiger partial charge in [-0.15, -0.1) is 0 Å². The van der Waals surface area contributed by atoms with Crippen molar-refractivity contribution in [1.82, 2.24) is 19.6 Å². The van der Waals surface area contributed by atoms with Gasteiger partial charge in [0.15, 0.2) is 0 Å². The molecular weight excluding hydrogens is 368 g/mol. The Labute approximate surface area is 169 Å². The lowest BCUT2D eigenvalue weighted by Gasteiger charge is -2.45. The summed E-state index contributed by atoms with van der Waals surface area (Å²) in [6.07, 6.45) is 0. The molecule has 1 fully saturated rings. The number of hydrogen-bond acceptors (Lipinski definition) is 7. The van der Waals surface area contributed by atoms with Crippen LogP contribution >= 0.6 is 0 Å². The zero-order valence-electron chi connectivity index (χ0n) is 17.1. The smallest absolute Gasteiger partial charge is 0.252 e. The first-order valence-corrected chi connectivity index (χ1v) is 9.71. The second-order valence-corrected chi connectivity index (χ2v) is 7.81. The Morgan fingerprint density at radius 1 is 1.24 bits per heavy atom. The standard InChI is InChI=1S/C21H24N6O2/c1-13-11-27(14(2)10-26(13)12-17-7-15(3)29-24-17)19-8-20(28)25(4)18-6-5-16(9-22)23-21(18)19/h5-8,13-14H,10-12H2,1-4H3/t13-,14+/m1/s1. The van der Waals surface area contributed by atoms with Crippen LogP contribution in [0.25, 0.3) is 11.0 Å². The maximum atomic E-state index is 12.6. The Balaban J connectivity index is 1.69. The summed E-state index contributed by atoms with van der Waals surface area (Å²) < 4.78 is 6.77. The summed E-state index contributed by atoms with van der Waals surface area (Å²) in [5, 5.41) is 13.4. The van der Waals surface area contributed by atoms with Crippen LogP contribution in [0, 0.1) is 18.3 Å². The van der Waals surface area contributed by atoms with E-state index in [2.05, 4.69) is 39.9 Å². The number of hydrogen-bond donors (Lipinski definition) is 0. The van der Waals surface area contributed by atoms with E-state index in [0.717, 1.165) is 42.3 Å². The van der Waals surface area contributed by atoms with Gasteiger partial charge in [-0.05, 0) is 32.9 Å². The molecule has 0 spiro atoms. The van der Waals surface area contributed by atoms with Crippen molar-refractivity contribution in [3.8, 4) is 6.07 Å². The van der Waals surface area contributed by atoms with Gasteiger partial charge in [0.25, 0.3) is 5.56 Å². The van der Waals surface area contributed by atoms with E-state index in [9.17, 15) is 10.1 Å². The van der Waals surface area contributed by atoms with Crippen LogP contribution < -0.4 is 10.5 Å². The highest BCUT2D eigenvalue weighted by Crippen LogP contribution is 2.29. The summed E-state index contributed by atoms with van der Waals surface area (Å²) in [6.45, 7) is 8.50. The van der Waals surface area contributed by atoms with Crippen molar-refractivity contribution in [2.45, 2.75) is 39.4 Å². The van der Waals surface area contributed by atoms with Crippen LogP contribution in [-0.4, -0.2) is 44.8 Å². The average Bonchev–Trinajstić information content (AvgIpc) is 3.11. The molecule has 3 aromatic rings. The summed E-state index contributed by atoms with van der Waals surface area (Å²) in [4.78, 5) is 21.7. The van der Waals surface area contributed by atoms with Gasteiger partial charge in [0.2, 0.25) is 0 Å². The number of anilines is 1. The lowest BCUT2D eigenvalue weighted by Crippen LogP contribution is -2.56. The molecular formula is C21H24N6O2. The van der Waals surface area contributed by atoms with Crippen molar-refractivity contribution >= 4 is 16.7 Å². The van der Waals surface area contributed by atoms with Gasteiger partial charge < -0.3 is 14.0 Å². The van der Waals surface area contributed by atoms with Crippen LogP contribution in [0.5, 0.6) is 0 Å². The third-order valence-electron chi connectivity index (χ3n) is 5.65. The number of aryl methyl sites for hydroxylation is 2. The van der Waals surface area contributed by atoms with Gasteiger partial charge in [-0.3, -0.25) is 9.69 Å². The minimum atomic E-state index is -0.0839. The van der Waals surface area contributed by atoms with Crippen LogP contribution in [0.15, 0.2) is 33.6 Å². The van der Waals surface area contributed by atoms with Gasteiger partial charge in [0, 0.05) is 50.9 Å². The predicted octanol–water partition coefficient (Wildman–Crippen LogP) is 2.20. The summed E-state index contributed by atoms with van der Waals surface area (Å²) in [5.74, 6) is 0.810. The number of rotatable bonds is 3. The van der Waals surface area contributed by atoms with Crippen LogP contribution in [0.3, 0.4) is 0 Å². The summed E-state index contributed by atoms with van der Waals surface area (Å²) in [6, 6.07) is 9.56. The average molecular weight is 392 g/mol. The van der Waals surface area contributed by atoms with Gasteiger partial charge in [-0.25, -0.2) is 4.98 Å². The molecule has 8 nitrogen and oxygen atoms in total.